The first-order chi connectivity index (χ1) is 10.5. The van der Waals surface area contributed by atoms with Gasteiger partial charge in [0.1, 0.15) is 0 Å². The molecule has 1 saturated heterocycles. The van der Waals surface area contributed by atoms with Crippen LogP contribution in [-0.4, -0.2) is 59.4 Å². The Morgan fingerprint density at radius 1 is 1.18 bits per heavy atom. The summed E-state index contributed by atoms with van der Waals surface area (Å²) in [5.41, 5.74) is 3.20. The number of aromatic amines is 1. The number of carbonyl (C=O) groups is 2. The fraction of sp³-hybridized carbons (Fsp3) is 0.625. The van der Waals surface area contributed by atoms with Crippen molar-refractivity contribution < 1.29 is 9.59 Å². The van der Waals surface area contributed by atoms with Crippen LogP contribution in [0.3, 0.4) is 0 Å². The van der Waals surface area contributed by atoms with E-state index in [4.69, 9.17) is 0 Å². The molecule has 1 aliphatic heterocycles. The second kappa shape index (κ2) is 7.33. The van der Waals surface area contributed by atoms with Gasteiger partial charge in [0.15, 0.2) is 0 Å². The zero-order valence-electron chi connectivity index (χ0n) is 13.7. The topological polar surface area (TPSA) is 68.4 Å². The van der Waals surface area contributed by atoms with E-state index in [1.54, 1.807) is 4.90 Å². The molecule has 0 saturated carbocycles. The third-order valence-electron chi connectivity index (χ3n) is 4.04. The Labute approximate surface area is 131 Å². The quantitative estimate of drug-likeness (QED) is 0.884. The SMILES string of the molecule is CCCNC(=O)N1CCN(C(=O)Cc2cc(C)[nH]c2C)CC1. The fourth-order valence-corrected chi connectivity index (χ4v) is 2.74. The van der Waals surface area contributed by atoms with Crippen molar-refractivity contribution in [3.8, 4) is 0 Å². The van der Waals surface area contributed by atoms with E-state index in [0.717, 1.165) is 23.4 Å². The van der Waals surface area contributed by atoms with Crippen molar-refractivity contribution in [1.82, 2.24) is 20.1 Å². The third kappa shape index (κ3) is 4.02. The molecule has 2 heterocycles. The highest BCUT2D eigenvalue weighted by Crippen LogP contribution is 2.12. The Bertz CT molecular complexity index is 530. The summed E-state index contributed by atoms with van der Waals surface area (Å²) in [6.45, 7) is 9.15. The van der Waals surface area contributed by atoms with Gasteiger partial charge in [0.2, 0.25) is 5.91 Å². The van der Waals surface area contributed by atoms with Crippen molar-refractivity contribution in [2.24, 2.45) is 0 Å². The van der Waals surface area contributed by atoms with Gasteiger partial charge in [0.05, 0.1) is 6.42 Å². The number of amides is 3. The molecule has 2 rings (SSSR count). The normalized spacial score (nSPS) is 15.0. The molecule has 22 heavy (non-hydrogen) atoms. The highest BCUT2D eigenvalue weighted by atomic mass is 16.2. The summed E-state index contributed by atoms with van der Waals surface area (Å²) in [6, 6.07) is 2.01. The number of nitrogens with one attached hydrogen (secondary N) is 2. The first-order valence-electron chi connectivity index (χ1n) is 7.97. The monoisotopic (exact) mass is 306 g/mol. The third-order valence-corrected chi connectivity index (χ3v) is 4.04. The summed E-state index contributed by atoms with van der Waals surface area (Å²) < 4.78 is 0. The summed E-state index contributed by atoms with van der Waals surface area (Å²) in [7, 11) is 0. The molecule has 1 aromatic rings. The molecule has 2 N–H and O–H groups in total. The smallest absolute Gasteiger partial charge is 0.317 e. The summed E-state index contributed by atoms with van der Waals surface area (Å²) >= 11 is 0. The number of aromatic nitrogens is 1. The van der Waals surface area contributed by atoms with Crippen LogP contribution in [0.2, 0.25) is 0 Å². The summed E-state index contributed by atoms with van der Waals surface area (Å²) in [5, 5.41) is 2.88. The van der Waals surface area contributed by atoms with Crippen LogP contribution in [0.15, 0.2) is 6.07 Å². The Hall–Kier alpha value is -1.98. The predicted octanol–water partition coefficient (Wildman–Crippen LogP) is 1.44. The average Bonchev–Trinajstić information content (AvgIpc) is 2.82. The molecular weight excluding hydrogens is 280 g/mol. The maximum atomic E-state index is 12.4. The van der Waals surface area contributed by atoms with Gasteiger partial charge >= 0.3 is 6.03 Å². The van der Waals surface area contributed by atoms with Gasteiger partial charge in [-0.05, 0) is 31.9 Å². The maximum Gasteiger partial charge on any atom is 0.317 e. The molecule has 1 aromatic heterocycles. The van der Waals surface area contributed by atoms with Crippen LogP contribution in [0.4, 0.5) is 4.79 Å². The van der Waals surface area contributed by atoms with Crippen LogP contribution in [0.5, 0.6) is 0 Å². The van der Waals surface area contributed by atoms with Gasteiger partial charge in [-0.1, -0.05) is 6.92 Å². The first kappa shape index (κ1) is 16.4. The fourth-order valence-electron chi connectivity index (χ4n) is 2.74. The highest BCUT2D eigenvalue weighted by molar-refractivity contribution is 5.80. The number of piperazine rings is 1. The molecule has 0 aromatic carbocycles. The number of hydrogen-bond acceptors (Lipinski definition) is 2. The molecule has 0 aliphatic carbocycles. The van der Waals surface area contributed by atoms with Gasteiger partial charge in [-0.25, -0.2) is 4.79 Å². The molecule has 0 unspecified atom stereocenters. The van der Waals surface area contributed by atoms with E-state index in [0.29, 0.717) is 39.1 Å². The lowest BCUT2D eigenvalue weighted by Gasteiger charge is -2.34. The second-order valence-corrected chi connectivity index (χ2v) is 5.88. The van der Waals surface area contributed by atoms with E-state index >= 15 is 0 Å². The number of rotatable bonds is 4. The molecule has 6 heteroatoms. The van der Waals surface area contributed by atoms with Crippen molar-refractivity contribution in [2.75, 3.05) is 32.7 Å². The second-order valence-electron chi connectivity index (χ2n) is 5.88. The van der Waals surface area contributed by atoms with E-state index in [1.165, 1.54) is 0 Å². The molecule has 0 spiro atoms. The standard InChI is InChI=1S/C16H26N4O2/c1-4-5-17-16(22)20-8-6-19(7-9-20)15(21)11-14-10-12(2)18-13(14)3/h10,18H,4-9,11H2,1-3H3,(H,17,22). The minimum Gasteiger partial charge on any atom is -0.362 e. The van der Waals surface area contributed by atoms with Crippen molar-refractivity contribution in [3.63, 3.8) is 0 Å². The molecule has 1 aliphatic rings. The van der Waals surface area contributed by atoms with Crippen molar-refractivity contribution in [1.29, 1.82) is 0 Å². The lowest BCUT2D eigenvalue weighted by Crippen LogP contribution is -2.53. The molecule has 0 bridgehead atoms. The Balaban J connectivity index is 1.82. The number of carbonyl (C=O) groups excluding carboxylic acids is 2. The molecule has 6 nitrogen and oxygen atoms in total. The van der Waals surface area contributed by atoms with E-state index in [9.17, 15) is 9.59 Å². The summed E-state index contributed by atoms with van der Waals surface area (Å²) in [5.74, 6) is 0.135. The summed E-state index contributed by atoms with van der Waals surface area (Å²) in [4.78, 5) is 31.1. The van der Waals surface area contributed by atoms with Crippen LogP contribution < -0.4 is 5.32 Å². The molecule has 3 amide bonds. The van der Waals surface area contributed by atoms with Gasteiger partial charge in [-0.2, -0.15) is 0 Å². The predicted molar refractivity (Wildman–Crippen MR) is 85.8 cm³/mol. The number of hydrogen-bond donors (Lipinski definition) is 2. The minimum absolute atomic E-state index is 0.0222. The Morgan fingerprint density at radius 2 is 1.82 bits per heavy atom. The largest absolute Gasteiger partial charge is 0.362 e. The summed E-state index contributed by atoms with van der Waals surface area (Å²) in [6.07, 6.45) is 1.36. The average molecular weight is 306 g/mol. The van der Waals surface area contributed by atoms with Crippen LogP contribution in [0.25, 0.3) is 0 Å². The minimum atomic E-state index is -0.0222. The lowest BCUT2D eigenvalue weighted by molar-refractivity contribution is -0.131. The number of nitrogens with zero attached hydrogens (tertiary/aromatic N) is 2. The van der Waals surface area contributed by atoms with Gasteiger partial charge in [-0.15, -0.1) is 0 Å². The van der Waals surface area contributed by atoms with Crippen molar-refractivity contribution in [3.05, 3.63) is 23.0 Å². The Kier molecular flexibility index (Phi) is 5.46. The molecule has 1 fully saturated rings. The van der Waals surface area contributed by atoms with Crippen LogP contribution >= 0.6 is 0 Å². The molecular formula is C16H26N4O2. The molecule has 122 valence electrons. The van der Waals surface area contributed by atoms with E-state index in [1.807, 2.05) is 31.7 Å². The molecule has 0 atom stereocenters. The van der Waals surface area contributed by atoms with Gasteiger partial charge < -0.3 is 20.1 Å². The van der Waals surface area contributed by atoms with E-state index in [-0.39, 0.29) is 11.9 Å². The maximum absolute atomic E-state index is 12.4. The number of H-pyrrole nitrogens is 1. The van der Waals surface area contributed by atoms with Gasteiger partial charge in [0, 0.05) is 44.1 Å². The zero-order chi connectivity index (χ0) is 16.1. The first-order valence-corrected chi connectivity index (χ1v) is 7.97. The number of urea groups is 1. The Morgan fingerprint density at radius 3 is 2.36 bits per heavy atom. The van der Waals surface area contributed by atoms with Crippen LogP contribution in [-0.2, 0) is 11.2 Å². The molecule has 0 radical (unpaired) electrons. The van der Waals surface area contributed by atoms with Crippen molar-refractivity contribution in [2.45, 2.75) is 33.6 Å². The van der Waals surface area contributed by atoms with Gasteiger partial charge in [-0.3, -0.25) is 4.79 Å². The highest BCUT2D eigenvalue weighted by Gasteiger charge is 2.24. The van der Waals surface area contributed by atoms with Crippen LogP contribution in [0.1, 0.15) is 30.3 Å². The zero-order valence-corrected chi connectivity index (χ0v) is 13.7. The lowest BCUT2D eigenvalue weighted by atomic mass is 10.1. The number of aryl methyl sites for hydroxylation is 2. The van der Waals surface area contributed by atoms with Crippen molar-refractivity contribution >= 4 is 11.9 Å². The van der Waals surface area contributed by atoms with Crippen LogP contribution in [0, 0.1) is 13.8 Å². The van der Waals surface area contributed by atoms with Gasteiger partial charge in [0.25, 0.3) is 0 Å². The van der Waals surface area contributed by atoms with E-state index in [2.05, 4.69) is 10.3 Å². The van der Waals surface area contributed by atoms with E-state index < -0.39 is 0 Å².